The molecular formula is C20H15ClN2O4. The molecule has 2 aliphatic rings. The molecule has 3 aromatic rings. The normalized spacial score (nSPS) is 20.2. The first kappa shape index (κ1) is 16.5. The Morgan fingerprint density at radius 1 is 1.30 bits per heavy atom. The Kier molecular flexibility index (Phi) is 3.30. The number of cyclic esters (lactones) is 1. The van der Waals surface area contributed by atoms with Crippen LogP contribution in [0.25, 0.3) is 22.3 Å². The van der Waals surface area contributed by atoms with Crippen molar-refractivity contribution in [2.45, 2.75) is 32.1 Å². The van der Waals surface area contributed by atoms with Gasteiger partial charge in [-0.15, -0.1) is 0 Å². The zero-order chi connectivity index (χ0) is 18.9. The van der Waals surface area contributed by atoms with E-state index in [0.717, 1.165) is 16.5 Å². The highest BCUT2D eigenvalue weighted by molar-refractivity contribution is 6.31. The lowest BCUT2D eigenvalue weighted by Gasteiger charge is -2.31. The molecule has 1 aromatic carbocycles. The van der Waals surface area contributed by atoms with Crippen LogP contribution in [0.2, 0.25) is 5.02 Å². The van der Waals surface area contributed by atoms with Crippen LogP contribution in [0.3, 0.4) is 0 Å². The minimum absolute atomic E-state index is 0.120. The minimum atomic E-state index is -1.81. The van der Waals surface area contributed by atoms with Crippen molar-refractivity contribution in [3.05, 3.63) is 62.4 Å². The summed E-state index contributed by atoms with van der Waals surface area (Å²) in [5.74, 6) is -0.724. The van der Waals surface area contributed by atoms with Gasteiger partial charge in [-0.05, 0) is 30.7 Å². The van der Waals surface area contributed by atoms with Crippen molar-refractivity contribution in [3.63, 3.8) is 0 Å². The number of halogens is 1. The second-order valence-corrected chi connectivity index (χ2v) is 7.37. The van der Waals surface area contributed by atoms with Gasteiger partial charge in [-0.3, -0.25) is 4.79 Å². The molecule has 4 heterocycles. The smallest absolute Gasteiger partial charge is 0.343 e. The fourth-order valence-electron chi connectivity index (χ4n) is 3.95. The topological polar surface area (TPSA) is 81.4 Å². The molecule has 0 fully saturated rings. The number of carbonyl (C=O) groups excluding carboxylic acids is 1. The summed E-state index contributed by atoms with van der Waals surface area (Å²) in [4.78, 5) is 29.9. The van der Waals surface area contributed by atoms with E-state index in [1.807, 2.05) is 12.1 Å². The number of hydrogen-bond acceptors (Lipinski definition) is 5. The van der Waals surface area contributed by atoms with Gasteiger partial charge < -0.3 is 14.4 Å². The average Bonchev–Trinajstić information content (AvgIpc) is 3.01. The highest BCUT2D eigenvalue weighted by Crippen LogP contribution is 2.38. The van der Waals surface area contributed by atoms with Crippen LogP contribution in [-0.2, 0) is 28.3 Å². The van der Waals surface area contributed by atoms with Gasteiger partial charge in [0.1, 0.15) is 6.61 Å². The van der Waals surface area contributed by atoms with Crippen LogP contribution in [-0.4, -0.2) is 20.6 Å². The summed E-state index contributed by atoms with van der Waals surface area (Å²) in [7, 11) is 0. The van der Waals surface area contributed by atoms with Crippen molar-refractivity contribution < 1.29 is 14.6 Å². The maximum atomic E-state index is 13.0. The summed E-state index contributed by atoms with van der Waals surface area (Å²) in [6.07, 6.45) is 0.120. The zero-order valence-electron chi connectivity index (χ0n) is 14.5. The van der Waals surface area contributed by atoms with Crippen LogP contribution in [0.4, 0.5) is 0 Å². The number of fused-ring (bicyclic) bond motifs is 5. The number of pyridine rings is 2. The first-order valence-corrected chi connectivity index (χ1v) is 9.06. The van der Waals surface area contributed by atoms with Crippen molar-refractivity contribution in [1.82, 2.24) is 9.55 Å². The van der Waals surface area contributed by atoms with Gasteiger partial charge in [-0.2, -0.15) is 0 Å². The first-order chi connectivity index (χ1) is 12.9. The minimum Gasteiger partial charge on any atom is -0.458 e. The summed E-state index contributed by atoms with van der Waals surface area (Å²) in [5.41, 5.74) is 1.47. The van der Waals surface area contributed by atoms with Gasteiger partial charge in [-0.25, -0.2) is 9.78 Å². The van der Waals surface area contributed by atoms with E-state index in [9.17, 15) is 14.7 Å². The van der Waals surface area contributed by atoms with Gasteiger partial charge in [-0.1, -0.05) is 24.6 Å². The maximum Gasteiger partial charge on any atom is 0.343 e. The van der Waals surface area contributed by atoms with Crippen molar-refractivity contribution in [2.24, 2.45) is 0 Å². The van der Waals surface area contributed by atoms with Crippen molar-refractivity contribution in [3.8, 4) is 11.4 Å². The predicted octanol–water partition coefficient (Wildman–Crippen LogP) is 2.73. The molecule has 0 bridgehead atoms. The molecule has 0 aliphatic carbocycles. The van der Waals surface area contributed by atoms with Crippen LogP contribution in [0.15, 0.2) is 35.1 Å². The third-order valence-corrected chi connectivity index (χ3v) is 5.71. The molecule has 6 nitrogen and oxygen atoms in total. The van der Waals surface area contributed by atoms with Crippen LogP contribution in [0.5, 0.6) is 0 Å². The Bertz CT molecular complexity index is 1220. The Morgan fingerprint density at radius 2 is 2.11 bits per heavy atom. The summed E-state index contributed by atoms with van der Waals surface area (Å²) >= 11 is 6.08. The second-order valence-electron chi connectivity index (χ2n) is 6.94. The van der Waals surface area contributed by atoms with Crippen molar-refractivity contribution in [2.75, 3.05) is 0 Å². The van der Waals surface area contributed by atoms with Gasteiger partial charge in [0.05, 0.1) is 29.0 Å². The highest BCUT2D eigenvalue weighted by Gasteiger charge is 2.45. The Hall–Kier alpha value is -2.70. The van der Waals surface area contributed by atoms with Gasteiger partial charge >= 0.3 is 5.97 Å². The fourth-order valence-corrected chi connectivity index (χ4v) is 4.12. The summed E-state index contributed by atoms with van der Waals surface area (Å²) in [6.45, 7) is 1.95. The molecule has 1 N–H and O–H groups in total. The molecule has 0 radical (unpaired) electrons. The monoisotopic (exact) mass is 382 g/mol. The number of aliphatic hydroxyl groups is 1. The lowest BCUT2D eigenvalue weighted by Crippen LogP contribution is -2.44. The fraction of sp³-hybridized carbons (Fsp3) is 0.250. The van der Waals surface area contributed by atoms with Crippen LogP contribution >= 0.6 is 11.6 Å². The van der Waals surface area contributed by atoms with E-state index < -0.39 is 11.6 Å². The molecule has 0 amide bonds. The number of esters is 1. The van der Waals surface area contributed by atoms with Crippen LogP contribution in [0, 0.1) is 0 Å². The third kappa shape index (κ3) is 2.14. The third-order valence-electron chi connectivity index (χ3n) is 5.47. The van der Waals surface area contributed by atoms with Gasteiger partial charge in [0.25, 0.3) is 5.56 Å². The molecule has 136 valence electrons. The lowest BCUT2D eigenvalue weighted by atomic mass is 9.86. The molecule has 0 spiro atoms. The van der Waals surface area contributed by atoms with E-state index in [1.54, 1.807) is 29.7 Å². The van der Waals surface area contributed by atoms with Gasteiger partial charge in [0, 0.05) is 21.5 Å². The zero-order valence-corrected chi connectivity index (χ0v) is 15.2. The molecule has 27 heavy (non-hydrogen) atoms. The van der Waals surface area contributed by atoms with E-state index in [-0.39, 0.29) is 18.6 Å². The molecule has 0 saturated heterocycles. The second kappa shape index (κ2) is 5.41. The molecule has 0 saturated carbocycles. The van der Waals surface area contributed by atoms with E-state index in [4.69, 9.17) is 21.3 Å². The van der Waals surface area contributed by atoms with Crippen LogP contribution in [0.1, 0.15) is 30.0 Å². The van der Waals surface area contributed by atoms with E-state index >= 15 is 0 Å². The molecule has 0 unspecified atom stereocenters. The summed E-state index contributed by atoms with van der Waals surface area (Å²) < 4.78 is 6.69. The van der Waals surface area contributed by atoms with E-state index in [1.165, 1.54) is 0 Å². The number of hydrogen-bond donors (Lipinski definition) is 1. The summed E-state index contributed by atoms with van der Waals surface area (Å²) in [5, 5.41) is 12.4. The standard InChI is InChI=1S/C20H15ClN2O4/c1-2-20(26)14-7-16-17-11(5-10-3-4-12(21)6-15(10)22-17)8-23(16)18(24)13(14)9-27-19(20)25/h3-7,26H,2,8-9H2,1H3/t20-/m0/s1. The molecule has 1 atom stereocenters. The predicted molar refractivity (Wildman–Crippen MR) is 99.5 cm³/mol. The number of carbonyl (C=O) groups is 1. The maximum absolute atomic E-state index is 13.0. The number of aromatic nitrogens is 2. The van der Waals surface area contributed by atoms with E-state index in [2.05, 4.69) is 0 Å². The highest BCUT2D eigenvalue weighted by atomic mass is 35.5. The van der Waals surface area contributed by atoms with Gasteiger partial charge in [0.2, 0.25) is 0 Å². The molecule has 2 aromatic heterocycles. The molecule has 5 rings (SSSR count). The SMILES string of the molecule is CC[C@@]1(O)C(=O)OCc2c1cc1n(c2=O)Cc2cc3ccc(Cl)cc3nc2-1. The van der Waals surface area contributed by atoms with Crippen molar-refractivity contribution >= 4 is 28.5 Å². The van der Waals surface area contributed by atoms with Gasteiger partial charge in [0.15, 0.2) is 5.60 Å². The lowest BCUT2D eigenvalue weighted by molar-refractivity contribution is -0.172. The Labute approximate surface area is 159 Å². The first-order valence-electron chi connectivity index (χ1n) is 8.68. The molecular weight excluding hydrogens is 368 g/mol. The summed E-state index contributed by atoms with van der Waals surface area (Å²) in [6, 6.07) is 9.17. The number of nitrogens with zero attached hydrogens (tertiary/aromatic N) is 2. The van der Waals surface area contributed by atoms with Crippen LogP contribution < -0.4 is 5.56 Å². The quantitative estimate of drug-likeness (QED) is 0.512. The number of ether oxygens (including phenoxy) is 1. The molecule has 2 aliphatic heterocycles. The Morgan fingerprint density at radius 3 is 2.89 bits per heavy atom. The molecule has 7 heteroatoms. The number of rotatable bonds is 1. The van der Waals surface area contributed by atoms with Crippen molar-refractivity contribution in [1.29, 1.82) is 0 Å². The Balaban J connectivity index is 1.80. The average molecular weight is 383 g/mol. The number of benzene rings is 1. The largest absolute Gasteiger partial charge is 0.458 e. The van der Waals surface area contributed by atoms with E-state index in [0.29, 0.717) is 34.1 Å².